The zero-order valence-electron chi connectivity index (χ0n) is 13.9. The first-order chi connectivity index (χ1) is 12.1. The predicted octanol–water partition coefficient (Wildman–Crippen LogP) is 2.48. The van der Waals surface area contributed by atoms with Gasteiger partial charge in [0.2, 0.25) is 11.8 Å². The first-order valence-corrected chi connectivity index (χ1v) is 8.41. The number of halogens is 1. The standard InChI is InChI=1S/C18H21FN4O2/c19-14-3-5-15(6-4-14)21-17(25)18(8-1-2-9-18)22-16(24)7-11-23-12-10-20-13-23/h3-6,10,12-13H,1-2,7-9,11H2,(H,21,25)(H,22,24). The van der Waals surface area contributed by atoms with Gasteiger partial charge in [0.1, 0.15) is 11.4 Å². The molecule has 1 aromatic carbocycles. The molecule has 0 aliphatic heterocycles. The van der Waals surface area contributed by atoms with E-state index in [9.17, 15) is 14.0 Å². The van der Waals surface area contributed by atoms with Crippen molar-refractivity contribution in [1.29, 1.82) is 0 Å². The second-order valence-corrected chi connectivity index (χ2v) is 6.35. The number of imidazole rings is 1. The van der Waals surface area contributed by atoms with Crippen molar-refractivity contribution in [2.75, 3.05) is 5.32 Å². The largest absolute Gasteiger partial charge is 0.342 e. The van der Waals surface area contributed by atoms with Crippen LogP contribution in [0.4, 0.5) is 10.1 Å². The second-order valence-electron chi connectivity index (χ2n) is 6.35. The van der Waals surface area contributed by atoms with Crippen molar-refractivity contribution < 1.29 is 14.0 Å². The number of rotatable bonds is 6. The van der Waals surface area contributed by atoms with Crippen LogP contribution in [0.25, 0.3) is 0 Å². The summed E-state index contributed by atoms with van der Waals surface area (Å²) >= 11 is 0. The Kier molecular flexibility index (Phi) is 5.11. The molecule has 3 rings (SSSR count). The molecule has 132 valence electrons. The van der Waals surface area contributed by atoms with Crippen LogP contribution in [0.15, 0.2) is 43.0 Å². The summed E-state index contributed by atoms with van der Waals surface area (Å²) in [5.41, 5.74) is -0.370. The summed E-state index contributed by atoms with van der Waals surface area (Å²) in [4.78, 5) is 29.0. The van der Waals surface area contributed by atoms with Gasteiger partial charge < -0.3 is 15.2 Å². The number of nitrogens with zero attached hydrogens (tertiary/aromatic N) is 2. The first-order valence-electron chi connectivity index (χ1n) is 8.41. The average molecular weight is 344 g/mol. The molecule has 2 N–H and O–H groups in total. The number of amides is 2. The molecule has 1 heterocycles. The van der Waals surface area contributed by atoms with Gasteiger partial charge in [-0.2, -0.15) is 0 Å². The molecule has 0 radical (unpaired) electrons. The van der Waals surface area contributed by atoms with Gasteiger partial charge in [0.25, 0.3) is 0 Å². The normalized spacial score (nSPS) is 15.7. The summed E-state index contributed by atoms with van der Waals surface area (Å²) in [6.07, 6.45) is 8.37. The van der Waals surface area contributed by atoms with Crippen LogP contribution in [-0.4, -0.2) is 26.9 Å². The number of hydrogen-bond acceptors (Lipinski definition) is 3. The molecule has 25 heavy (non-hydrogen) atoms. The number of aryl methyl sites for hydroxylation is 1. The van der Waals surface area contributed by atoms with Gasteiger partial charge in [-0.25, -0.2) is 9.37 Å². The predicted molar refractivity (Wildman–Crippen MR) is 91.2 cm³/mol. The van der Waals surface area contributed by atoms with Crippen molar-refractivity contribution in [3.8, 4) is 0 Å². The zero-order chi connectivity index (χ0) is 17.7. The number of benzene rings is 1. The summed E-state index contributed by atoms with van der Waals surface area (Å²) in [5, 5.41) is 5.72. The van der Waals surface area contributed by atoms with Crippen molar-refractivity contribution in [1.82, 2.24) is 14.9 Å². The lowest BCUT2D eigenvalue weighted by Gasteiger charge is -2.29. The van der Waals surface area contributed by atoms with Crippen molar-refractivity contribution in [3.05, 3.63) is 48.8 Å². The van der Waals surface area contributed by atoms with E-state index in [4.69, 9.17) is 0 Å². The van der Waals surface area contributed by atoms with Gasteiger partial charge in [0.15, 0.2) is 0 Å². The van der Waals surface area contributed by atoms with Crippen LogP contribution in [0.2, 0.25) is 0 Å². The average Bonchev–Trinajstić information content (AvgIpc) is 3.27. The quantitative estimate of drug-likeness (QED) is 0.845. The fourth-order valence-electron chi connectivity index (χ4n) is 3.15. The lowest BCUT2D eigenvalue weighted by Crippen LogP contribution is -2.55. The summed E-state index contributed by atoms with van der Waals surface area (Å²) < 4.78 is 14.8. The smallest absolute Gasteiger partial charge is 0.250 e. The Morgan fingerprint density at radius 3 is 2.56 bits per heavy atom. The molecule has 0 unspecified atom stereocenters. The minimum Gasteiger partial charge on any atom is -0.342 e. The lowest BCUT2D eigenvalue weighted by molar-refractivity contribution is -0.130. The molecule has 0 spiro atoms. The highest BCUT2D eigenvalue weighted by Crippen LogP contribution is 2.31. The number of anilines is 1. The zero-order valence-corrected chi connectivity index (χ0v) is 13.9. The Bertz CT molecular complexity index is 722. The van der Waals surface area contributed by atoms with Crippen LogP contribution in [0.3, 0.4) is 0 Å². The molecule has 7 heteroatoms. The monoisotopic (exact) mass is 344 g/mol. The van der Waals surface area contributed by atoms with Crippen LogP contribution >= 0.6 is 0 Å². The van der Waals surface area contributed by atoms with Gasteiger partial charge in [-0.05, 0) is 37.1 Å². The van der Waals surface area contributed by atoms with Crippen LogP contribution in [0, 0.1) is 5.82 Å². The van der Waals surface area contributed by atoms with Gasteiger partial charge in [0.05, 0.1) is 6.33 Å². The molecule has 0 atom stereocenters. The van der Waals surface area contributed by atoms with E-state index >= 15 is 0 Å². The van der Waals surface area contributed by atoms with Crippen molar-refractivity contribution in [2.24, 2.45) is 0 Å². The van der Waals surface area contributed by atoms with Gasteiger partial charge in [-0.3, -0.25) is 9.59 Å². The number of hydrogen-bond donors (Lipinski definition) is 2. The molecule has 1 fully saturated rings. The topological polar surface area (TPSA) is 76.0 Å². The van der Waals surface area contributed by atoms with Crippen LogP contribution in [0.5, 0.6) is 0 Å². The number of carbonyl (C=O) groups excluding carboxylic acids is 2. The Hall–Kier alpha value is -2.70. The molecule has 6 nitrogen and oxygen atoms in total. The third-order valence-corrected chi connectivity index (χ3v) is 4.53. The highest BCUT2D eigenvalue weighted by Gasteiger charge is 2.42. The Labute approximate surface area is 145 Å². The van der Waals surface area contributed by atoms with Crippen LogP contribution in [-0.2, 0) is 16.1 Å². The van der Waals surface area contributed by atoms with Gasteiger partial charge in [-0.1, -0.05) is 12.8 Å². The molecule has 1 aliphatic carbocycles. The van der Waals surface area contributed by atoms with Crippen LogP contribution < -0.4 is 10.6 Å². The van der Waals surface area contributed by atoms with E-state index in [1.807, 2.05) is 4.57 Å². The van der Waals surface area contributed by atoms with Crippen molar-refractivity contribution >= 4 is 17.5 Å². The molecule has 2 amide bonds. The summed E-state index contributed by atoms with van der Waals surface area (Å²) in [6, 6.07) is 5.61. The lowest BCUT2D eigenvalue weighted by atomic mass is 9.95. The Balaban J connectivity index is 1.62. The van der Waals surface area contributed by atoms with Gasteiger partial charge >= 0.3 is 0 Å². The molecular weight excluding hydrogens is 323 g/mol. The summed E-state index contributed by atoms with van der Waals surface area (Å²) in [5.74, 6) is -0.765. The Morgan fingerprint density at radius 1 is 1.20 bits per heavy atom. The highest BCUT2D eigenvalue weighted by atomic mass is 19.1. The maximum absolute atomic E-state index is 13.0. The fourth-order valence-corrected chi connectivity index (χ4v) is 3.15. The number of nitrogens with one attached hydrogen (secondary N) is 2. The maximum atomic E-state index is 13.0. The van der Waals surface area contributed by atoms with E-state index < -0.39 is 5.54 Å². The van der Waals surface area contributed by atoms with E-state index in [0.717, 1.165) is 12.8 Å². The summed E-state index contributed by atoms with van der Waals surface area (Å²) in [7, 11) is 0. The van der Waals surface area contributed by atoms with E-state index in [1.165, 1.54) is 24.3 Å². The molecular formula is C18H21FN4O2. The van der Waals surface area contributed by atoms with Gasteiger partial charge in [-0.15, -0.1) is 0 Å². The third kappa shape index (κ3) is 4.23. The molecule has 2 aromatic rings. The van der Waals surface area contributed by atoms with Gasteiger partial charge in [0, 0.05) is 31.0 Å². The van der Waals surface area contributed by atoms with E-state index in [1.54, 1.807) is 18.7 Å². The summed E-state index contributed by atoms with van der Waals surface area (Å²) in [6.45, 7) is 0.515. The number of carbonyl (C=O) groups is 2. The van der Waals surface area contributed by atoms with E-state index in [2.05, 4.69) is 15.6 Å². The minimum absolute atomic E-state index is 0.162. The maximum Gasteiger partial charge on any atom is 0.250 e. The minimum atomic E-state index is -0.888. The SMILES string of the molecule is O=C(CCn1ccnc1)NC1(C(=O)Nc2ccc(F)cc2)CCCC1. The van der Waals surface area contributed by atoms with Crippen molar-refractivity contribution in [3.63, 3.8) is 0 Å². The first kappa shape index (κ1) is 17.1. The highest BCUT2D eigenvalue weighted by molar-refractivity contribution is 6.00. The molecule has 1 aliphatic rings. The molecule has 0 bridgehead atoms. The van der Waals surface area contributed by atoms with Crippen LogP contribution in [0.1, 0.15) is 32.1 Å². The molecule has 0 saturated heterocycles. The molecule has 1 saturated carbocycles. The fraction of sp³-hybridized carbons (Fsp3) is 0.389. The second kappa shape index (κ2) is 7.46. The van der Waals surface area contributed by atoms with Crippen molar-refractivity contribution in [2.45, 2.75) is 44.2 Å². The molecule has 1 aromatic heterocycles. The van der Waals surface area contributed by atoms with E-state index in [-0.39, 0.29) is 24.1 Å². The third-order valence-electron chi connectivity index (χ3n) is 4.53. The number of aromatic nitrogens is 2. The van der Waals surface area contributed by atoms with E-state index in [0.29, 0.717) is 25.1 Å². The Morgan fingerprint density at radius 2 is 1.92 bits per heavy atom.